The van der Waals surface area contributed by atoms with E-state index in [0.717, 1.165) is 0 Å². The summed E-state index contributed by atoms with van der Waals surface area (Å²) >= 11 is 0. The second-order valence-corrected chi connectivity index (χ2v) is 15.4. The molecule has 2 aliphatic rings. The van der Waals surface area contributed by atoms with Gasteiger partial charge in [-0.25, -0.2) is 4.79 Å². The number of H-pyrrole nitrogens is 1. The van der Waals surface area contributed by atoms with Gasteiger partial charge in [0.25, 0.3) is 5.56 Å². The normalized spacial score (nSPS) is 30.2. The van der Waals surface area contributed by atoms with Crippen molar-refractivity contribution in [2.45, 2.75) is 75.7 Å². The number of aromatic nitrogens is 2. The van der Waals surface area contributed by atoms with E-state index in [1.165, 1.54) is 16.8 Å². The maximum absolute atomic E-state index is 12.9. The highest BCUT2D eigenvalue weighted by atomic mass is 28.4. The molecule has 1 aromatic heterocycles. The fraction of sp³-hybridized carbons (Fsp3) is 0.565. The topological polar surface area (TPSA) is 103 Å². The average Bonchev–Trinajstić information content (AvgIpc) is 2.99. The molecule has 1 aromatic carbocycles. The molecule has 2 saturated heterocycles. The molecule has 0 saturated carbocycles. The maximum Gasteiger partial charge on any atom is 0.349 e. The highest BCUT2D eigenvalue weighted by Gasteiger charge is 2.68. The number of fused-ring (bicyclic) bond motifs is 1. The molecule has 0 amide bonds. The van der Waals surface area contributed by atoms with Crippen LogP contribution in [0.15, 0.2) is 52.2 Å². The molecule has 2 N–H and O–H groups in total. The van der Waals surface area contributed by atoms with E-state index >= 15 is 0 Å². The Labute approximate surface area is 188 Å². The van der Waals surface area contributed by atoms with Gasteiger partial charge in [0.2, 0.25) is 5.72 Å². The Hall–Kier alpha value is -2.04. The van der Waals surface area contributed by atoms with Crippen LogP contribution in [-0.2, 0) is 19.3 Å². The lowest BCUT2D eigenvalue weighted by molar-refractivity contribution is -0.123. The summed E-state index contributed by atoms with van der Waals surface area (Å²) in [6.07, 6.45) is -1.14. The molecule has 0 bridgehead atoms. The van der Waals surface area contributed by atoms with E-state index in [2.05, 4.69) is 46.5 Å². The first kappa shape index (κ1) is 23.1. The number of nitrogens with zero attached hydrogens (tertiary/aromatic N) is 1. The van der Waals surface area contributed by atoms with Gasteiger partial charge in [0.05, 0.1) is 6.61 Å². The third-order valence-electron chi connectivity index (χ3n) is 6.51. The first-order valence-electron chi connectivity index (χ1n) is 10.9. The smallest absolute Gasteiger partial charge is 0.349 e. The third kappa shape index (κ3) is 3.26. The lowest BCUT2D eigenvalue weighted by Crippen LogP contribution is -2.65. The largest absolute Gasteiger partial charge is 0.391 e. The molecule has 0 unspecified atom stereocenters. The van der Waals surface area contributed by atoms with Crippen LogP contribution < -0.4 is 11.2 Å². The van der Waals surface area contributed by atoms with E-state index in [1.54, 1.807) is 12.1 Å². The molecule has 0 aliphatic carbocycles. The number of hydrogen-bond donors (Lipinski definition) is 2. The van der Waals surface area contributed by atoms with Gasteiger partial charge in [0, 0.05) is 27.9 Å². The van der Waals surface area contributed by atoms with Gasteiger partial charge < -0.3 is 18.7 Å². The Morgan fingerprint density at radius 2 is 1.69 bits per heavy atom. The summed E-state index contributed by atoms with van der Waals surface area (Å²) in [5, 5.41) is 11.2. The fourth-order valence-electron chi connectivity index (χ4n) is 5.33. The van der Waals surface area contributed by atoms with Gasteiger partial charge in [-0.15, -0.1) is 0 Å². The molecule has 4 atom stereocenters. The molecule has 2 fully saturated rings. The lowest BCUT2D eigenvalue weighted by atomic mass is 9.94. The quantitative estimate of drug-likeness (QED) is 0.668. The number of nitrogens with one attached hydrogen (secondary N) is 1. The van der Waals surface area contributed by atoms with Crippen LogP contribution in [0.2, 0.25) is 10.1 Å². The molecule has 2 aliphatic heterocycles. The average molecular weight is 461 g/mol. The maximum atomic E-state index is 12.9. The van der Waals surface area contributed by atoms with Crippen LogP contribution in [0, 0.1) is 0 Å². The summed E-state index contributed by atoms with van der Waals surface area (Å²) in [5.41, 5.74) is -2.18. The zero-order chi connectivity index (χ0) is 23.5. The SMILES string of the molecule is CC(C)(C)[Si]1(C(C)(C)C)OC[C@H]2O[C@@](c3ccccc3)(n3ccc(=O)[nH]c3=O)[C@H](O)[C@@H]2O1. The molecule has 3 heterocycles. The number of benzene rings is 1. The van der Waals surface area contributed by atoms with Crippen molar-refractivity contribution in [2.75, 3.05) is 6.61 Å². The Morgan fingerprint density at radius 3 is 2.25 bits per heavy atom. The van der Waals surface area contributed by atoms with Crippen molar-refractivity contribution in [2.24, 2.45) is 0 Å². The van der Waals surface area contributed by atoms with Gasteiger partial charge in [-0.3, -0.25) is 14.3 Å². The number of hydrogen-bond acceptors (Lipinski definition) is 6. The summed E-state index contributed by atoms with van der Waals surface area (Å²) in [7, 11) is -2.89. The molecular weight excluding hydrogens is 428 g/mol. The lowest BCUT2D eigenvalue weighted by Gasteiger charge is -2.53. The van der Waals surface area contributed by atoms with E-state index in [9.17, 15) is 14.7 Å². The van der Waals surface area contributed by atoms with Crippen LogP contribution in [0.1, 0.15) is 47.1 Å². The number of aliphatic hydroxyl groups is 1. The number of aromatic amines is 1. The van der Waals surface area contributed by atoms with Crippen LogP contribution in [0.3, 0.4) is 0 Å². The summed E-state index contributed by atoms with van der Waals surface area (Å²) in [6, 6.07) is 10.3. The number of rotatable bonds is 2. The van der Waals surface area contributed by atoms with Crippen LogP contribution in [0.4, 0.5) is 0 Å². The minimum Gasteiger partial charge on any atom is -0.391 e. The van der Waals surface area contributed by atoms with Crippen LogP contribution in [0.5, 0.6) is 0 Å². The molecular formula is C23H32N2O6Si. The van der Waals surface area contributed by atoms with Crippen LogP contribution >= 0.6 is 0 Å². The third-order valence-corrected chi connectivity index (χ3v) is 11.6. The predicted molar refractivity (Wildman–Crippen MR) is 122 cm³/mol. The van der Waals surface area contributed by atoms with E-state index < -0.39 is 43.8 Å². The first-order chi connectivity index (χ1) is 14.8. The summed E-state index contributed by atoms with van der Waals surface area (Å²) in [5.74, 6) is 0. The van der Waals surface area contributed by atoms with Gasteiger partial charge in [-0.05, 0) is 0 Å². The second-order valence-electron chi connectivity index (χ2n) is 10.7. The predicted octanol–water partition coefficient (Wildman–Crippen LogP) is 2.46. The van der Waals surface area contributed by atoms with Crippen molar-refractivity contribution < 1.29 is 18.7 Å². The summed E-state index contributed by atoms with van der Waals surface area (Å²) in [4.78, 5) is 26.9. The molecule has 0 spiro atoms. The van der Waals surface area contributed by atoms with E-state index in [4.69, 9.17) is 13.6 Å². The van der Waals surface area contributed by atoms with Crippen LogP contribution in [-0.4, -0.2) is 48.1 Å². The van der Waals surface area contributed by atoms with Crippen molar-refractivity contribution in [3.05, 3.63) is 69.0 Å². The first-order valence-corrected chi connectivity index (χ1v) is 12.7. The van der Waals surface area contributed by atoms with Crippen molar-refractivity contribution in [3.8, 4) is 0 Å². The number of ether oxygens (including phenoxy) is 1. The monoisotopic (exact) mass is 460 g/mol. The fourth-order valence-corrected chi connectivity index (χ4v) is 10.3. The highest BCUT2D eigenvalue weighted by Crippen LogP contribution is 2.56. The van der Waals surface area contributed by atoms with Crippen LogP contribution in [0.25, 0.3) is 0 Å². The summed E-state index contributed by atoms with van der Waals surface area (Å²) < 4.78 is 20.9. The Morgan fingerprint density at radius 1 is 1.06 bits per heavy atom. The zero-order valence-corrected chi connectivity index (χ0v) is 20.4. The molecule has 174 valence electrons. The van der Waals surface area contributed by atoms with Crippen molar-refractivity contribution >= 4 is 8.56 Å². The van der Waals surface area contributed by atoms with E-state index in [1.807, 2.05) is 18.2 Å². The van der Waals surface area contributed by atoms with E-state index in [0.29, 0.717) is 5.56 Å². The summed E-state index contributed by atoms with van der Waals surface area (Å²) in [6.45, 7) is 12.9. The Balaban J connectivity index is 1.88. The van der Waals surface area contributed by atoms with Crippen molar-refractivity contribution in [3.63, 3.8) is 0 Å². The molecule has 32 heavy (non-hydrogen) atoms. The van der Waals surface area contributed by atoms with Gasteiger partial charge in [-0.1, -0.05) is 71.9 Å². The van der Waals surface area contributed by atoms with Crippen molar-refractivity contribution in [1.82, 2.24) is 9.55 Å². The van der Waals surface area contributed by atoms with Crippen molar-refractivity contribution in [1.29, 1.82) is 0 Å². The number of aliphatic hydroxyl groups excluding tert-OH is 1. The minimum atomic E-state index is -2.89. The molecule has 8 nitrogen and oxygen atoms in total. The molecule has 4 rings (SSSR count). The Kier molecular flexibility index (Phi) is 5.42. The second kappa shape index (κ2) is 7.49. The minimum absolute atomic E-state index is 0.245. The molecule has 0 radical (unpaired) electrons. The van der Waals surface area contributed by atoms with E-state index in [-0.39, 0.29) is 16.7 Å². The molecule has 2 aromatic rings. The molecule has 9 heteroatoms. The highest BCUT2D eigenvalue weighted by molar-refractivity contribution is 6.73. The van der Waals surface area contributed by atoms with Gasteiger partial charge in [0.1, 0.15) is 18.3 Å². The van der Waals surface area contributed by atoms with Gasteiger partial charge >= 0.3 is 14.3 Å². The van der Waals surface area contributed by atoms with Gasteiger partial charge in [-0.2, -0.15) is 0 Å². The zero-order valence-electron chi connectivity index (χ0n) is 19.4. The Bertz CT molecular complexity index is 1090. The standard InChI is InChI=1S/C23H32N2O6Si/c1-21(2,3)32(22(4,5)6)29-14-16-18(31-32)19(27)23(30-16,15-10-8-7-9-11-15)25-13-12-17(26)24-20(25)28/h7-13,16,18-19,27H,14H2,1-6H3,(H,24,26,28)/t16-,18-,19-,23-/m1/s1. The van der Waals surface area contributed by atoms with Gasteiger partial charge in [0.15, 0.2) is 0 Å².